The molecule has 0 saturated heterocycles. The van der Waals surface area contributed by atoms with E-state index in [1.54, 1.807) is 11.3 Å². The molecule has 16 heavy (non-hydrogen) atoms. The van der Waals surface area contributed by atoms with E-state index in [2.05, 4.69) is 49.4 Å². The third-order valence-electron chi connectivity index (χ3n) is 2.80. The topological polar surface area (TPSA) is 27.0 Å². The summed E-state index contributed by atoms with van der Waals surface area (Å²) in [6.45, 7) is 6.13. The van der Waals surface area contributed by atoms with Crippen LogP contribution in [0.3, 0.4) is 0 Å². The van der Waals surface area contributed by atoms with Gasteiger partial charge in [0.25, 0.3) is 0 Å². The second-order valence-corrected chi connectivity index (χ2v) is 5.60. The van der Waals surface area contributed by atoms with Gasteiger partial charge in [-0.3, -0.25) is 0 Å². The van der Waals surface area contributed by atoms with E-state index < -0.39 is 0 Å². The molecular weight excluding hydrogens is 216 g/mol. The molecule has 0 aliphatic carbocycles. The molecular formula is C13H20N2S. The first-order valence-electron chi connectivity index (χ1n) is 5.74. The van der Waals surface area contributed by atoms with Crippen molar-refractivity contribution in [1.82, 2.24) is 4.90 Å². The average molecular weight is 236 g/mol. The van der Waals surface area contributed by atoms with Crippen molar-refractivity contribution in [3.8, 4) is 6.07 Å². The van der Waals surface area contributed by atoms with Crippen LogP contribution in [-0.4, -0.2) is 25.0 Å². The number of nitrogens with zero attached hydrogens (tertiary/aromatic N) is 2. The molecule has 3 heteroatoms. The summed E-state index contributed by atoms with van der Waals surface area (Å²) in [6.07, 6.45) is 1.09. The third kappa shape index (κ3) is 4.34. The van der Waals surface area contributed by atoms with Crippen molar-refractivity contribution in [2.24, 2.45) is 11.8 Å². The Hall–Kier alpha value is -0.850. The Bertz CT molecular complexity index is 324. The van der Waals surface area contributed by atoms with Crippen molar-refractivity contribution >= 4 is 11.3 Å². The van der Waals surface area contributed by atoms with Gasteiger partial charge in [-0.15, -0.1) is 11.3 Å². The fourth-order valence-electron chi connectivity index (χ4n) is 1.58. The normalized spacial score (nSPS) is 13.0. The summed E-state index contributed by atoms with van der Waals surface area (Å²) in [5, 5.41) is 11.1. The van der Waals surface area contributed by atoms with Gasteiger partial charge in [-0.05, 0) is 30.8 Å². The van der Waals surface area contributed by atoms with Gasteiger partial charge in [0.2, 0.25) is 0 Å². The van der Waals surface area contributed by atoms with Gasteiger partial charge in [0.05, 0.1) is 12.0 Å². The smallest absolute Gasteiger partial charge is 0.0671 e. The Morgan fingerprint density at radius 1 is 1.50 bits per heavy atom. The molecule has 1 rings (SSSR count). The monoisotopic (exact) mass is 236 g/mol. The van der Waals surface area contributed by atoms with Crippen molar-refractivity contribution in [3.63, 3.8) is 0 Å². The SMILES string of the molecule is CC(C)C(C#N)CN(C)CCc1cccs1. The van der Waals surface area contributed by atoms with E-state index >= 15 is 0 Å². The summed E-state index contributed by atoms with van der Waals surface area (Å²) < 4.78 is 0. The number of likely N-dealkylation sites (N-methyl/N-ethyl adjacent to an activating group) is 1. The molecule has 0 aliphatic rings. The lowest BCUT2D eigenvalue weighted by Gasteiger charge is -2.21. The highest BCUT2D eigenvalue weighted by atomic mass is 32.1. The van der Waals surface area contributed by atoms with Gasteiger partial charge in [-0.1, -0.05) is 19.9 Å². The average Bonchev–Trinajstić information content (AvgIpc) is 2.75. The maximum atomic E-state index is 9.02. The molecule has 1 heterocycles. The first kappa shape index (κ1) is 13.2. The number of nitriles is 1. The molecule has 1 aromatic rings. The Kier molecular flexibility index (Phi) is 5.51. The van der Waals surface area contributed by atoms with Crippen molar-refractivity contribution in [3.05, 3.63) is 22.4 Å². The summed E-state index contributed by atoms with van der Waals surface area (Å²) in [4.78, 5) is 3.68. The number of thiophene rings is 1. The van der Waals surface area contributed by atoms with E-state index in [9.17, 15) is 0 Å². The van der Waals surface area contributed by atoms with E-state index in [-0.39, 0.29) is 5.92 Å². The van der Waals surface area contributed by atoms with Crippen LogP contribution >= 0.6 is 11.3 Å². The summed E-state index contributed by atoms with van der Waals surface area (Å²) in [5.74, 6) is 0.586. The van der Waals surface area contributed by atoms with Gasteiger partial charge >= 0.3 is 0 Å². The minimum absolute atomic E-state index is 0.147. The highest BCUT2D eigenvalue weighted by Gasteiger charge is 2.14. The second-order valence-electron chi connectivity index (χ2n) is 4.57. The minimum atomic E-state index is 0.147. The third-order valence-corrected chi connectivity index (χ3v) is 3.74. The van der Waals surface area contributed by atoms with Crippen LogP contribution < -0.4 is 0 Å². The Morgan fingerprint density at radius 2 is 2.25 bits per heavy atom. The van der Waals surface area contributed by atoms with Gasteiger partial charge < -0.3 is 4.90 Å². The molecule has 1 atom stereocenters. The van der Waals surface area contributed by atoms with Crippen LogP contribution in [0.15, 0.2) is 17.5 Å². The Morgan fingerprint density at radius 3 is 2.75 bits per heavy atom. The molecule has 0 amide bonds. The molecule has 0 N–H and O–H groups in total. The van der Waals surface area contributed by atoms with Gasteiger partial charge in [-0.25, -0.2) is 0 Å². The Balaban J connectivity index is 2.30. The number of hydrogen-bond acceptors (Lipinski definition) is 3. The first-order valence-corrected chi connectivity index (χ1v) is 6.62. The van der Waals surface area contributed by atoms with Gasteiger partial charge in [-0.2, -0.15) is 5.26 Å². The standard InChI is InChI=1S/C13H20N2S/c1-11(2)12(9-14)10-15(3)7-6-13-5-4-8-16-13/h4-5,8,11-12H,6-7,10H2,1-3H3. The molecule has 0 aliphatic heterocycles. The van der Waals surface area contributed by atoms with Crippen LogP contribution in [0, 0.1) is 23.2 Å². The van der Waals surface area contributed by atoms with Crippen molar-refractivity contribution in [2.45, 2.75) is 20.3 Å². The predicted molar refractivity (Wildman–Crippen MR) is 69.5 cm³/mol. The Labute approximate surface area is 103 Å². The number of rotatable bonds is 6. The molecule has 88 valence electrons. The van der Waals surface area contributed by atoms with Crippen LogP contribution in [0.5, 0.6) is 0 Å². The van der Waals surface area contributed by atoms with Crippen LogP contribution in [0.4, 0.5) is 0 Å². The van der Waals surface area contributed by atoms with Crippen molar-refractivity contribution < 1.29 is 0 Å². The fourth-order valence-corrected chi connectivity index (χ4v) is 2.28. The summed E-state index contributed by atoms with van der Waals surface area (Å²) in [5.41, 5.74) is 0. The second kappa shape index (κ2) is 6.67. The zero-order chi connectivity index (χ0) is 12.0. The van der Waals surface area contributed by atoms with Crippen LogP contribution in [-0.2, 0) is 6.42 Å². The van der Waals surface area contributed by atoms with Gasteiger partial charge in [0.1, 0.15) is 0 Å². The van der Waals surface area contributed by atoms with Crippen molar-refractivity contribution in [2.75, 3.05) is 20.1 Å². The summed E-state index contributed by atoms with van der Waals surface area (Å²) in [6, 6.07) is 6.65. The lowest BCUT2D eigenvalue weighted by atomic mass is 9.97. The van der Waals surface area contributed by atoms with Gasteiger partial charge in [0.15, 0.2) is 0 Å². The maximum Gasteiger partial charge on any atom is 0.0671 e. The van der Waals surface area contributed by atoms with Crippen LogP contribution in [0.2, 0.25) is 0 Å². The quantitative estimate of drug-likeness (QED) is 0.759. The highest BCUT2D eigenvalue weighted by Crippen LogP contribution is 2.13. The molecule has 0 saturated carbocycles. The summed E-state index contributed by atoms with van der Waals surface area (Å²) >= 11 is 1.80. The number of hydrogen-bond donors (Lipinski definition) is 0. The largest absolute Gasteiger partial charge is 0.305 e. The van der Waals surface area contributed by atoms with Crippen LogP contribution in [0.1, 0.15) is 18.7 Å². The van der Waals surface area contributed by atoms with E-state index in [4.69, 9.17) is 5.26 Å². The lowest BCUT2D eigenvalue weighted by molar-refractivity contribution is 0.275. The minimum Gasteiger partial charge on any atom is -0.305 e. The zero-order valence-electron chi connectivity index (χ0n) is 10.3. The molecule has 2 nitrogen and oxygen atoms in total. The van der Waals surface area contributed by atoms with E-state index in [0.29, 0.717) is 5.92 Å². The molecule has 0 radical (unpaired) electrons. The van der Waals surface area contributed by atoms with E-state index in [0.717, 1.165) is 19.5 Å². The molecule has 1 aromatic heterocycles. The van der Waals surface area contributed by atoms with Gasteiger partial charge in [0, 0.05) is 18.0 Å². The summed E-state index contributed by atoms with van der Waals surface area (Å²) in [7, 11) is 2.10. The van der Waals surface area contributed by atoms with Crippen molar-refractivity contribution in [1.29, 1.82) is 5.26 Å². The van der Waals surface area contributed by atoms with Crippen LogP contribution in [0.25, 0.3) is 0 Å². The predicted octanol–water partition coefficient (Wildman–Crippen LogP) is 3.02. The molecule has 1 unspecified atom stereocenters. The molecule has 0 spiro atoms. The molecule has 0 bridgehead atoms. The molecule has 0 aromatic carbocycles. The maximum absolute atomic E-state index is 9.02. The zero-order valence-corrected chi connectivity index (χ0v) is 11.1. The van der Waals surface area contributed by atoms with E-state index in [1.807, 2.05) is 0 Å². The lowest BCUT2D eigenvalue weighted by Crippen LogP contribution is -2.29. The first-order chi connectivity index (χ1) is 7.63. The fraction of sp³-hybridized carbons (Fsp3) is 0.615. The molecule has 0 fully saturated rings. The highest BCUT2D eigenvalue weighted by molar-refractivity contribution is 7.09. The van der Waals surface area contributed by atoms with E-state index in [1.165, 1.54) is 4.88 Å².